The maximum atomic E-state index is 11.4. The van der Waals surface area contributed by atoms with Crippen LogP contribution in [0, 0.1) is 27.7 Å². The number of hydrogen-bond donors (Lipinski definition) is 0. The number of benzene rings is 1. The molecule has 5 heteroatoms. The van der Waals surface area contributed by atoms with E-state index < -0.39 is 9.84 Å². The van der Waals surface area contributed by atoms with Crippen LogP contribution in [0.25, 0.3) is 11.3 Å². The Kier molecular flexibility index (Phi) is 4.02. The SMILES string of the molecule is Cc1cc(C)c(-c2nc(CS(C)(=O)=O)sc2C)cc1C. The summed E-state index contributed by atoms with van der Waals surface area (Å²) in [7, 11) is -3.04. The maximum absolute atomic E-state index is 11.4. The van der Waals surface area contributed by atoms with Crippen molar-refractivity contribution in [1.29, 1.82) is 0 Å². The number of hydrogen-bond acceptors (Lipinski definition) is 4. The molecule has 0 fully saturated rings. The lowest BCUT2D eigenvalue weighted by Gasteiger charge is -2.08. The standard InChI is InChI=1S/C15H19NO2S2/c1-9-6-11(3)13(7-10(9)2)15-12(4)19-14(16-15)8-20(5,17)18/h6-7H,8H2,1-5H3. The second-order valence-corrected chi connectivity index (χ2v) is 8.76. The van der Waals surface area contributed by atoms with E-state index >= 15 is 0 Å². The maximum Gasteiger partial charge on any atom is 0.153 e. The Morgan fingerprint density at radius 3 is 2.25 bits per heavy atom. The second kappa shape index (κ2) is 5.30. The van der Waals surface area contributed by atoms with E-state index in [4.69, 9.17) is 0 Å². The van der Waals surface area contributed by atoms with Crippen molar-refractivity contribution >= 4 is 21.2 Å². The molecule has 0 radical (unpaired) electrons. The van der Waals surface area contributed by atoms with Gasteiger partial charge in [0.05, 0.1) is 5.69 Å². The molecule has 0 N–H and O–H groups in total. The van der Waals surface area contributed by atoms with Crippen LogP contribution in [-0.2, 0) is 15.6 Å². The minimum absolute atomic E-state index is 0.0163. The molecule has 2 rings (SSSR count). The summed E-state index contributed by atoms with van der Waals surface area (Å²) in [5.74, 6) is 0.0163. The topological polar surface area (TPSA) is 47.0 Å². The summed E-state index contributed by atoms with van der Waals surface area (Å²) in [5.41, 5.74) is 5.67. The largest absolute Gasteiger partial charge is 0.240 e. The number of aryl methyl sites for hydroxylation is 4. The van der Waals surface area contributed by atoms with Crippen molar-refractivity contribution in [3.63, 3.8) is 0 Å². The quantitative estimate of drug-likeness (QED) is 0.870. The number of nitrogens with zero attached hydrogens (tertiary/aromatic N) is 1. The van der Waals surface area contributed by atoms with Crippen LogP contribution in [-0.4, -0.2) is 19.7 Å². The zero-order valence-electron chi connectivity index (χ0n) is 12.4. The van der Waals surface area contributed by atoms with Crippen LogP contribution in [0.3, 0.4) is 0 Å². The fraction of sp³-hybridized carbons (Fsp3) is 0.400. The van der Waals surface area contributed by atoms with E-state index in [1.165, 1.54) is 34.3 Å². The number of rotatable bonds is 3. The van der Waals surface area contributed by atoms with E-state index in [1.54, 1.807) is 0 Å². The summed E-state index contributed by atoms with van der Waals surface area (Å²) in [5, 5.41) is 0.664. The van der Waals surface area contributed by atoms with Crippen LogP contribution >= 0.6 is 11.3 Å². The van der Waals surface area contributed by atoms with Crippen LogP contribution in [0.2, 0.25) is 0 Å². The van der Waals surface area contributed by atoms with Crippen LogP contribution in [0.5, 0.6) is 0 Å². The van der Waals surface area contributed by atoms with E-state index in [9.17, 15) is 8.42 Å². The van der Waals surface area contributed by atoms with Gasteiger partial charge in [-0.2, -0.15) is 0 Å². The first-order valence-corrected chi connectivity index (χ1v) is 9.27. The molecule has 1 aromatic heterocycles. The van der Waals surface area contributed by atoms with Crippen molar-refractivity contribution in [2.24, 2.45) is 0 Å². The lowest BCUT2D eigenvalue weighted by Crippen LogP contribution is -2.00. The van der Waals surface area contributed by atoms with Crippen LogP contribution in [0.15, 0.2) is 12.1 Å². The second-order valence-electron chi connectivity index (χ2n) is 5.33. The van der Waals surface area contributed by atoms with Crippen molar-refractivity contribution in [1.82, 2.24) is 4.98 Å². The Bertz CT molecular complexity index is 758. The number of aromatic nitrogens is 1. The molecule has 20 heavy (non-hydrogen) atoms. The van der Waals surface area contributed by atoms with Gasteiger partial charge < -0.3 is 0 Å². The van der Waals surface area contributed by atoms with Gasteiger partial charge in [-0.15, -0.1) is 11.3 Å². The summed E-state index contributed by atoms with van der Waals surface area (Å²) >= 11 is 1.46. The predicted octanol–water partition coefficient (Wildman–Crippen LogP) is 3.59. The zero-order valence-corrected chi connectivity index (χ0v) is 14.1. The van der Waals surface area contributed by atoms with Gasteiger partial charge in [0.25, 0.3) is 0 Å². The van der Waals surface area contributed by atoms with Gasteiger partial charge >= 0.3 is 0 Å². The van der Waals surface area contributed by atoms with Crippen molar-refractivity contribution in [3.05, 3.63) is 38.7 Å². The van der Waals surface area contributed by atoms with Gasteiger partial charge in [0.15, 0.2) is 9.84 Å². The third kappa shape index (κ3) is 3.27. The molecular formula is C15H19NO2S2. The third-order valence-corrected chi connectivity index (χ3v) is 5.27. The molecular weight excluding hydrogens is 290 g/mol. The van der Waals surface area contributed by atoms with E-state index in [0.717, 1.165) is 16.1 Å². The Hall–Kier alpha value is -1.20. The van der Waals surface area contributed by atoms with E-state index in [0.29, 0.717) is 5.01 Å². The highest BCUT2D eigenvalue weighted by molar-refractivity contribution is 7.90. The zero-order chi connectivity index (χ0) is 15.1. The third-order valence-electron chi connectivity index (χ3n) is 3.32. The first-order chi connectivity index (χ1) is 9.17. The first kappa shape index (κ1) is 15.2. The number of thiazole rings is 1. The summed E-state index contributed by atoms with van der Waals surface area (Å²) in [6.45, 7) is 8.23. The molecule has 0 spiro atoms. The average Bonchev–Trinajstić information content (AvgIpc) is 2.62. The van der Waals surface area contributed by atoms with Gasteiger partial charge in [-0.25, -0.2) is 13.4 Å². The van der Waals surface area contributed by atoms with Gasteiger partial charge in [0.2, 0.25) is 0 Å². The molecule has 0 atom stereocenters. The Morgan fingerprint density at radius 1 is 1.05 bits per heavy atom. The summed E-state index contributed by atoms with van der Waals surface area (Å²) in [4.78, 5) is 5.60. The molecule has 0 aliphatic heterocycles. The summed E-state index contributed by atoms with van der Waals surface area (Å²) in [6, 6.07) is 4.29. The predicted molar refractivity (Wildman–Crippen MR) is 85.0 cm³/mol. The van der Waals surface area contributed by atoms with Crippen molar-refractivity contribution < 1.29 is 8.42 Å². The molecule has 0 saturated heterocycles. The molecule has 3 nitrogen and oxygen atoms in total. The average molecular weight is 309 g/mol. The molecule has 0 bridgehead atoms. The van der Waals surface area contributed by atoms with E-state index in [2.05, 4.69) is 37.9 Å². The van der Waals surface area contributed by atoms with Gasteiger partial charge in [0, 0.05) is 16.7 Å². The number of sulfone groups is 1. The summed E-state index contributed by atoms with van der Waals surface area (Å²) in [6.07, 6.45) is 1.24. The van der Waals surface area contributed by atoms with Gasteiger partial charge in [-0.1, -0.05) is 6.07 Å². The molecule has 1 aromatic carbocycles. The highest BCUT2D eigenvalue weighted by Gasteiger charge is 2.15. The minimum atomic E-state index is -3.04. The first-order valence-electron chi connectivity index (χ1n) is 6.39. The van der Waals surface area contributed by atoms with Crippen molar-refractivity contribution in [3.8, 4) is 11.3 Å². The Labute approximate surface area is 124 Å². The summed E-state index contributed by atoms with van der Waals surface area (Å²) < 4.78 is 22.8. The van der Waals surface area contributed by atoms with Gasteiger partial charge in [-0.3, -0.25) is 0 Å². The van der Waals surface area contributed by atoms with Crippen molar-refractivity contribution in [2.45, 2.75) is 33.4 Å². The molecule has 0 saturated carbocycles. The van der Waals surface area contributed by atoms with E-state index in [-0.39, 0.29) is 5.75 Å². The molecule has 0 unspecified atom stereocenters. The molecule has 0 aliphatic rings. The molecule has 1 heterocycles. The lowest BCUT2D eigenvalue weighted by atomic mass is 9.98. The van der Waals surface area contributed by atoms with Crippen LogP contribution in [0.4, 0.5) is 0 Å². The highest BCUT2D eigenvalue weighted by atomic mass is 32.2. The molecule has 2 aromatic rings. The fourth-order valence-corrected chi connectivity index (χ4v) is 4.34. The van der Waals surface area contributed by atoms with Gasteiger partial charge in [0.1, 0.15) is 10.8 Å². The Balaban J connectivity index is 2.51. The van der Waals surface area contributed by atoms with Crippen LogP contribution in [0.1, 0.15) is 26.6 Å². The monoisotopic (exact) mass is 309 g/mol. The molecule has 0 amide bonds. The van der Waals surface area contributed by atoms with Gasteiger partial charge in [-0.05, 0) is 50.5 Å². The van der Waals surface area contributed by atoms with Crippen molar-refractivity contribution in [2.75, 3.05) is 6.26 Å². The lowest BCUT2D eigenvalue weighted by molar-refractivity contribution is 0.601. The van der Waals surface area contributed by atoms with E-state index in [1.807, 2.05) is 6.92 Å². The minimum Gasteiger partial charge on any atom is -0.240 e. The molecule has 0 aliphatic carbocycles. The normalized spacial score (nSPS) is 11.8. The highest BCUT2D eigenvalue weighted by Crippen LogP contribution is 2.32. The Morgan fingerprint density at radius 2 is 1.65 bits per heavy atom. The van der Waals surface area contributed by atoms with Crippen LogP contribution < -0.4 is 0 Å². The molecule has 108 valence electrons. The smallest absolute Gasteiger partial charge is 0.153 e. The fourth-order valence-electron chi connectivity index (χ4n) is 2.20.